The number of carbonyl (C=O) groups excluding carboxylic acids is 1. The van der Waals surface area contributed by atoms with E-state index in [1.807, 2.05) is 29.2 Å². The second-order valence-corrected chi connectivity index (χ2v) is 6.43. The molecular weight excluding hydrogens is 290 g/mol. The highest BCUT2D eigenvalue weighted by molar-refractivity contribution is 5.98. The lowest BCUT2D eigenvalue weighted by Crippen LogP contribution is -2.54. The van der Waals surface area contributed by atoms with Gasteiger partial charge in [-0.25, -0.2) is 9.67 Å². The van der Waals surface area contributed by atoms with Crippen LogP contribution in [0.1, 0.15) is 30.1 Å². The molecule has 6 nitrogen and oxygen atoms in total. The Morgan fingerprint density at radius 2 is 2.04 bits per heavy atom. The Bertz CT molecular complexity index is 695. The number of carbonyl (C=O) groups is 1. The number of nitrogens with zero attached hydrogens (tertiary/aromatic N) is 5. The summed E-state index contributed by atoms with van der Waals surface area (Å²) in [4.78, 5) is 21.6. The van der Waals surface area contributed by atoms with E-state index in [1.54, 1.807) is 11.0 Å². The molecule has 1 aliphatic carbocycles. The zero-order valence-electron chi connectivity index (χ0n) is 13.3. The van der Waals surface area contributed by atoms with Gasteiger partial charge in [0.15, 0.2) is 0 Å². The van der Waals surface area contributed by atoms with Gasteiger partial charge in [-0.3, -0.25) is 9.69 Å². The highest BCUT2D eigenvalue weighted by Crippen LogP contribution is 2.29. The summed E-state index contributed by atoms with van der Waals surface area (Å²) in [5.41, 5.74) is 1.47. The third-order valence-corrected chi connectivity index (χ3v) is 4.78. The Kier molecular flexibility index (Phi) is 3.61. The number of aromatic nitrogens is 3. The smallest absolute Gasteiger partial charge is 0.256 e. The Morgan fingerprint density at radius 1 is 1.22 bits per heavy atom. The molecule has 6 heteroatoms. The quantitative estimate of drug-likeness (QED) is 0.863. The van der Waals surface area contributed by atoms with Crippen molar-refractivity contribution in [3.63, 3.8) is 0 Å². The van der Waals surface area contributed by atoms with Gasteiger partial charge in [0.1, 0.15) is 12.7 Å². The second kappa shape index (κ2) is 5.77. The van der Waals surface area contributed by atoms with Crippen molar-refractivity contribution in [2.75, 3.05) is 19.6 Å². The van der Waals surface area contributed by atoms with Crippen molar-refractivity contribution < 1.29 is 4.79 Å². The minimum absolute atomic E-state index is 0.0825. The largest absolute Gasteiger partial charge is 0.333 e. The van der Waals surface area contributed by atoms with Gasteiger partial charge in [0, 0.05) is 31.7 Å². The highest BCUT2D eigenvalue weighted by atomic mass is 16.2. The van der Waals surface area contributed by atoms with Crippen LogP contribution in [0.4, 0.5) is 0 Å². The van der Waals surface area contributed by atoms with Crippen molar-refractivity contribution in [3.8, 4) is 5.69 Å². The van der Waals surface area contributed by atoms with E-state index in [9.17, 15) is 4.79 Å². The molecule has 120 valence electrons. The lowest BCUT2D eigenvalue weighted by molar-refractivity contribution is 0.0474. The number of benzene rings is 1. The molecule has 2 aliphatic rings. The lowest BCUT2D eigenvalue weighted by atomic mass is 10.1. The van der Waals surface area contributed by atoms with E-state index >= 15 is 0 Å². The van der Waals surface area contributed by atoms with Crippen molar-refractivity contribution in [3.05, 3.63) is 42.5 Å². The predicted molar refractivity (Wildman–Crippen MR) is 86.5 cm³/mol. The maximum atomic E-state index is 13.1. The molecule has 1 atom stereocenters. The summed E-state index contributed by atoms with van der Waals surface area (Å²) in [6.07, 6.45) is 5.74. The lowest BCUT2D eigenvalue weighted by Gasteiger charge is -2.40. The monoisotopic (exact) mass is 311 g/mol. The van der Waals surface area contributed by atoms with Gasteiger partial charge in [-0.05, 0) is 31.9 Å². The van der Waals surface area contributed by atoms with Crippen LogP contribution in [0.5, 0.6) is 0 Å². The summed E-state index contributed by atoms with van der Waals surface area (Å²) in [5, 5.41) is 4.16. The summed E-state index contributed by atoms with van der Waals surface area (Å²) < 4.78 is 1.65. The molecule has 4 rings (SSSR count). The number of hydrogen-bond donors (Lipinski definition) is 0. The fourth-order valence-corrected chi connectivity index (χ4v) is 3.40. The molecule has 1 aromatic carbocycles. The summed E-state index contributed by atoms with van der Waals surface area (Å²) >= 11 is 0. The van der Waals surface area contributed by atoms with Crippen LogP contribution >= 0.6 is 0 Å². The number of rotatable bonds is 3. The summed E-state index contributed by atoms with van der Waals surface area (Å²) in [5.74, 6) is 0.0825. The van der Waals surface area contributed by atoms with Crippen LogP contribution < -0.4 is 0 Å². The van der Waals surface area contributed by atoms with E-state index in [1.165, 1.54) is 19.2 Å². The molecule has 1 aromatic heterocycles. The van der Waals surface area contributed by atoms with E-state index in [0.29, 0.717) is 5.56 Å². The Morgan fingerprint density at radius 3 is 2.74 bits per heavy atom. The van der Waals surface area contributed by atoms with Crippen LogP contribution in [-0.4, -0.2) is 62.2 Å². The predicted octanol–water partition coefficient (Wildman–Crippen LogP) is 1.58. The molecule has 0 bridgehead atoms. The molecule has 0 radical (unpaired) electrons. The van der Waals surface area contributed by atoms with E-state index in [0.717, 1.165) is 31.4 Å². The van der Waals surface area contributed by atoms with Crippen molar-refractivity contribution in [1.82, 2.24) is 24.6 Å². The van der Waals surface area contributed by atoms with Crippen molar-refractivity contribution in [1.29, 1.82) is 0 Å². The molecule has 2 fully saturated rings. The number of hydrogen-bond acceptors (Lipinski definition) is 4. The van der Waals surface area contributed by atoms with Crippen LogP contribution in [0.3, 0.4) is 0 Å². The summed E-state index contributed by atoms with van der Waals surface area (Å²) in [6, 6.07) is 8.60. The normalized spacial score (nSPS) is 22.3. The highest BCUT2D eigenvalue weighted by Gasteiger charge is 2.36. The average Bonchev–Trinajstić information content (AvgIpc) is 3.29. The molecular formula is C17H21N5O. The fourth-order valence-electron chi connectivity index (χ4n) is 3.40. The average molecular weight is 311 g/mol. The Hall–Kier alpha value is -2.21. The van der Waals surface area contributed by atoms with Gasteiger partial charge in [0.25, 0.3) is 5.91 Å². The van der Waals surface area contributed by atoms with Crippen molar-refractivity contribution in [2.45, 2.75) is 31.8 Å². The first-order valence-electron chi connectivity index (χ1n) is 8.23. The Balaban J connectivity index is 1.57. The molecule has 1 unspecified atom stereocenters. The molecule has 1 saturated carbocycles. The van der Waals surface area contributed by atoms with Crippen LogP contribution in [0.15, 0.2) is 36.9 Å². The first-order valence-corrected chi connectivity index (χ1v) is 8.23. The van der Waals surface area contributed by atoms with Crippen LogP contribution in [-0.2, 0) is 0 Å². The minimum Gasteiger partial charge on any atom is -0.333 e. The fraction of sp³-hybridized carbons (Fsp3) is 0.471. The number of para-hydroxylation sites is 1. The van der Waals surface area contributed by atoms with Crippen molar-refractivity contribution in [2.24, 2.45) is 0 Å². The number of amides is 1. The molecule has 2 heterocycles. The zero-order valence-corrected chi connectivity index (χ0v) is 13.3. The maximum absolute atomic E-state index is 13.1. The zero-order chi connectivity index (χ0) is 15.8. The van der Waals surface area contributed by atoms with Gasteiger partial charge in [0.2, 0.25) is 0 Å². The molecule has 23 heavy (non-hydrogen) atoms. The SMILES string of the molecule is CC1CN(C2CC2)CCN1C(=O)c1ccccc1-n1cncn1. The van der Waals surface area contributed by atoms with Crippen LogP contribution in [0.25, 0.3) is 5.69 Å². The second-order valence-electron chi connectivity index (χ2n) is 6.43. The molecule has 0 spiro atoms. The van der Waals surface area contributed by atoms with Crippen LogP contribution in [0, 0.1) is 0 Å². The van der Waals surface area contributed by atoms with Gasteiger partial charge in [-0.15, -0.1) is 0 Å². The third-order valence-electron chi connectivity index (χ3n) is 4.78. The van der Waals surface area contributed by atoms with E-state index in [2.05, 4.69) is 21.9 Å². The van der Waals surface area contributed by atoms with E-state index < -0.39 is 0 Å². The molecule has 2 aromatic rings. The van der Waals surface area contributed by atoms with Crippen LogP contribution in [0.2, 0.25) is 0 Å². The topological polar surface area (TPSA) is 54.3 Å². The van der Waals surface area contributed by atoms with Gasteiger partial charge in [0.05, 0.1) is 11.3 Å². The molecule has 1 aliphatic heterocycles. The molecule has 0 N–H and O–H groups in total. The third kappa shape index (κ3) is 2.74. The van der Waals surface area contributed by atoms with Gasteiger partial charge in [-0.2, -0.15) is 5.10 Å². The molecule has 1 amide bonds. The Labute approximate surface area is 135 Å². The van der Waals surface area contributed by atoms with E-state index in [4.69, 9.17) is 0 Å². The first-order chi connectivity index (χ1) is 11.2. The molecule has 1 saturated heterocycles. The van der Waals surface area contributed by atoms with Gasteiger partial charge < -0.3 is 4.90 Å². The van der Waals surface area contributed by atoms with Gasteiger partial charge in [-0.1, -0.05) is 12.1 Å². The van der Waals surface area contributed by atoms with Crippen molar-refractivity contribution >= 4 is 5.91 Å². The minimum atomic E-state index is 0.0825. The standard InChI is InChI=1S/C17H21N5O/c1-13-10-20(14-6-7-14)8-9-21(13)17(23)15-4-2-3-5-16(15)22-12-18-11-19-22/h2-5,11-14H,6-10H2,1H3. The maximum Gasteiger partial charge on any atom is 0.256 e. The number of piperazine rings is 1. The van der Waals surface area contributed by atoms with Gasteiger partial charge >= 0.3 is 0 Å². The van der Waals surface area contributed by atoms with E-state index in [-0.39, 0.29) is 11.9 Å². The summed E-state index contributed by atoms with van der Waals surface area (Å²) in [7, 11) is 0. The first kappa shape index (κ1) is 14.4. The summed E-state index contributed by atoms with van der Waals surface area (Å²) in [6.45, 7) is 4.89.